The first-order valence-corrected chi connectivity index (χ1v) is 38.3. The molecule has 0 spiro atoms. The largest absolute Gasteiger partial charge is 0.472 e. The molecule has 0 rings (SSSR count). The molecular weight excluding hydrogens is 1140 g/mol. The van der Waals surface area contributed by atoms with Crippen LogP contribution < -0.4 is 0 Å². The molecule has 0 aliphatic carbocycles. The van der Waals surface area contributed by atoms with Crippen molar-refractivity contribution >= 4 is 39.5 Å². The van der Waals surface area contributed by atoms with Crippen molar-refractivity contribution in [3.8, 4) is 0 Å². The quantitative estimate of drug-likeness (QED) is 0.0222. The smallest absolute Gasteiger partial charge is 0.462 e. The van der Waals surface area contributed by atoms with E-state index in [9.17, 15) is 43.2 Å². The zero-order chi connectivity index (χ0) is 63.3. The molecule has 3 N–H and O–H groups in total. The van der Waals surface area contributed by atoms with E-state index in [-0.39, 0.29) is 25.7 Å². The highest BCUT2D eigenvalue weighted by Crippen LogP contribution is 2.45. The zero-order valence-electron chi connectivity index (χ0n) is 55.3. The standard InChI is InChI=1S/C67H130O17P2/c1-5-9-13-17-21-25-28-30-32-35-38-42-46-50-54-67(72)84-63(58-78-65(70)52-48-44-40-36-34-31-29-26-22-18-14-10-6-2)60-82-86(75,76)80-56-61(68)55-79-85(73,74)81-59-62(57-77-64(69)51-47-43-39-24-20-16-12-8-4)83-66(71)53-49-45-41-37-33-27-23-19-15-11-7-3/h61-63,68H,5-60H2,1-4H3,(H,73,74)(H,75,76)/t61-,62+,63+/m0/s1. The highest BCUT2D eigenvalue weighted by atomic mass is 31.2. The van der Waals surface area contributed by atoms with Crippen LogP contribution in [0.4, 0.5) is 0 Å². The first-order valence-electron chi connectivity index (χ1n) is 35.3. The number of hydrogen-bond acceptors (Lipinski definition) is 15. The number of carbonyl (C=O) groups excluding carboxylic acids is 4. The second kappa shape index (κ2) is 61.9. The summed E-state index contributed by atoms with van der Waals surface area (Å²) in [6.07, 6.45) is 48.4. The maximum atomic E-state index is 13.0. The number of aliphatic hydroxyl groups excluding tert-OH is 1. The third-order valence-corrected chi connectivity index (χ3v) is 17.5. The monoisotopic (exact) mass is 1270 g/mol. The third-order valence-electron chi connectivity index (χ3n) is 15.6. The summed E-state index contributed by atoms with van der Waals surface area (Å²) in [4.78, 5) is 72.3. The molecule has 0 saturated heterocycles. The van der Waals surface area contributed by atoms with Gasteiger partial charge in [-0.05, 0) is 25.7 Å². The fraction of sp³-hybridized carbons (Fsp3) is 0.940. The van der Waals surface area contributed by atoms with Crippen LogP contribution in [0.2, 0.25) is 0 Å². The lowest BCUT2D eigenvalue weighted by molar-refractivity contribution is -0.161. The van der Waals surface area contributed by atoms with Crippen molar-refractivity contribution in [2.75, 3.05) is 39.6 Å². The minimum atomic E-state index is -4.95. The lowest BCUT2D eigenvalue weighted by Crippen LogP contribution is -2.30. The van der Waals surface area contributed by atoms with Crippen molar-refractivity contribution in [3.05, 3.63) is 0 Å². The summed E-state index contributed by atoms with van der Waals surface area (Å²) in [5.74, 6) is -2.13. The van der Waals surface area contributed by atoms with E-state index in [0.717, 1.165) is 96.3 Å². The average Bonchev–Trinajstić information content (AvgIpc) is 3.65. The van der Waals surface area contributed by atoms with Crippen molar-refractivity contribution in [3.63, 3.8) is 0 Å². The molecule has 0 saturated carbocycles. The first kappa shape index (κ1) is 84.1. The van der Waals surface area contributed by atoms with Crippen LogP contribution in [-0.4, -0.2) is 96.7 Å². The van der Waals surface area contributed by atoms with Gasteiger partial charge in [0, 0.05) is 25.7 Å². The molecule has 2 unspecified atom stereocenters. The average molecular weight is 1270 g/mol. The lowest BCUT2D eigenvalue weighted by Gasteiger charge is -2.21. The normalized spacial score (nSPS) is 14.1. The molecular formula is C67H130O17P2. The van der Waals surface area contributed by atoms with E-state index in [1.165, 1.54) is 173 Å². The van der Waals surface area contributed by atoms with Gasteiger partial charge in [-0.1, -0.05) is 297 Å². The van der Waals surface area contributed by atoms with Crippen LogP contribution in [0.5, 0.6) is 0 Å². The summed E-state index contributed by atoms with van der Waals surface area (Å²) in [5, 5.41) is 10.6. The van der Waals surface area contributed by atoms with Crippen LogP contribution >= 0.6 is 15.6 Å². The Bertz CT molecular complexity index is 1650. The summed E-state index contributed by atoms with van der Waals surface area (Å²) < 4.78 is 68.1. The van der Waals surface area contributed by atoms with Gasteiger partial charge in [0.2, 0.25) is 0 Å². The molecule has 0 bridgehead atoms. The Morgan fingerprint density at radius 3 is 0.686 bits per heavy atom. The number of aliphatic hydroxyl groups is 1. The number of phosphoric acid groups is 2. The Morgan fingerprint density at radius 2 is 0.465 bits per heavy atom. The van der Waals surface area contributed by atoms with Crippen LogP contribution in [0.25, 0.3) is 0 Å². The predicted molar refractivity (Wildman–Crippen MR) is 345 cm³/mol. The second-order valence-electron chi connectivity index (χ2n) is 24.2. The van der Waals surface area contributed by atoms with Crippen LogP contribution in [-0.2, 0) is 65.4 Å². The Labute approximate surface area is 524 Å². The number of esters is 4. The molecule has 0 heterocycles. The van der Waals surface area contributed by atoms with Crippen molar-refractivity contribution < 1.29 is 80.2 Å². The molecule has 0 amide bonds. The molecule has 510 valence electrons. The van der Waals surface area contributed by atoms with Crippen molar-refractivity contribution in [2.45, 2.75) is 367 Å². The van der Waals surface area contributed by atoms with Crippen molar-refractivity contribution in [1.82, 2.24) is 0 Å². The van der Waals surface area contributed by atoms with Gasteiger partial charge in [0.15, 0.2) is 12.2 Å². The molecule has 0 radical (unpaired) electrons. The van der Waals surface area contributed by atoms with Gasteiger partial charge in [-0.15, -0.1) is 0 Å². The van der Waals surface area contributed by atoms with Gasteiger partial charge in [-0.3, -0.25) is 37.3 Å². The molecule has 0 aromatic carbocycles. The maximum Gasteiger partial charge on any atom is 0.472 e. The molecule has 5 atom stereocenters. The summed E-state index contributed by atoms with van der Waals surface area (Å²) >= 11 is 0. The first-order chi connectivity index (χ1) is 41.7. The Hall–Kier alpha value is -1.94. The van der Waals surface area contributed by atoms with Gasteiger partial charge in [0.25, 0.3) is 0 Å². The number of ether oxygens (including phenoxy) is 4. The number of phosphoric ester groups is 2. The van der Waals surface area contributed by atoms with Crippen molar-refractivity contribution in [1.29, 1.82) is 0 Å². The van der Waals surface area contributed by atoms with Crippen LogP contribution in [0.1, 0.15) is 349 Å². The molecule has 86 heavy (non-hydrogen) atoms. The van der Waals surface area contributed by atoms with E-state index in [4.69, 9.17) is 37.0 Å². The molecule has 0 fully saturated rings. The van der Waals surface area contributed by atoms with Gasteiger partial charge in [-0.2, -0.15) is 0 Å². The molecule has 0 aliphatic heterocycles. The summed E-state index contributed by atoms with van der Waals surface area (Å²) in [6, 6.07) is 0. The number of rotatable bonds is 68. The van der Waals surface area contributed by atoms with E-state index >= 15 is 0 Å². The SMILES string of the molecule is CCCCCCCCCCCCCCCCC(=O)O[C@H](COC(=O)CCCCCCCCCCCCCCC)COP(=O)(O)OC[C@@H](O)COP(=O)(O)OC[C@@H](COC(=O)CCCCCCCCCC)OC(=O)CCCCCCCCCCCCC. The molecule has 0 aliphatic rings. The Kier molecular flexibility index (Phi) is 60.5. The topological polar surface area (TPSA) is 237 Å². The van der Waals surface area contributed by atoms with E-state index < -0.39 is 97.5 Å². The summed E-state index contributed by atoms with van der Waals surface area (Å²) in [6.45, 7) is 4.90. The number of unbranched alkanes of at least 4 members (excludes halogenated alkanes) is 42. The lowest BCUT2D eigenvalue weighted by atomic mass is 10.0. The third kappa shape index (κ3) is 60.9. The van der Waals surface area contributed by atoms with Gasteiger partial charge in [0.1, 0.15) is 19.3 Å². The Morgan fingerprint density at radius 1 is 0.279 bits per heavy atom. The zero-order valence-corrected chi connectivity index (χ0v) is 57.1. The highest BCUT2D eigenvalue weighted by Gasteiger charge is 2.30. The van der Waals surface area contributed by atoms with Gasteiger partial charge >= 0.3 is 39.5 Å². The van der Waals surface area contributed by atoms with Gasteiger partial charge < -0.3 is 33.8 Å². The minimum absolute atomic E-state index is 0.107. The Balaban J connectivity index is 5.22. The van der Waals surface area contributed by atoms with E-state index in [2.05, 4.69) is 27.7 Å². The van der Waals surface area contributed by atoms with Crippen LogP contribution in [0.15, 0.2) is 0 Å². The summed E-state index contributed by atoms with van der Waals surface area (Å²) in [7, 11) is -9.89. The van der Waals surface area contributed by atoms with Gasteiger partial charge in [0.05, 0.1) is 26.4 Å². The maximum absolute atomic E-state index is 13.0. The molecule has 0 aromatic rings. The highest BCUT2D eigenvalue weighted by molar-refractivity contribution is 7.47. The van der Waals surface area contributed by atoms with Gasteiger partial charge in [-0.25, -0.2) is 9.13 Å². The fourth-order valence-electron chi connectivity index (χ4n) is 10.2. The van der Waals surface area contributed by atoms with E-state index in [0.29, 0.717) is 25.7 Å². The number of hydrogen-bond donors (Lipinski definition) is 3. The van der Waals surface area contributed by atoms with E-state index in [1.54, 1.807) is 0 Å². The summed E-state index contributed by atoms with van der Waals surface area (Å²) in [5.41, 5.74) is 0. The fourth-order valence-corrected chi connectivity index (χ4v) is 11.7. The van der Waals surface area contributed by atoms with Crippen LogP contribution in [0, 0.1) is 0 Å². The molecule has 19 heteroatoms. The van der Waals surface area contributed by atoms with E-state index in [1.807, 2.05) is 0 Å². The molecule has 0 aromatic heterocycles. The minimum Gasteiger partial charge on any atom is -0.462 e. The predicted octanol–water partition coefficient (Wildman–Crippen LogP) is 19.1. The molecule has 17 nitrogen and oxygen atoms in total. The van der Waals surface area contributed by atoms with Crippen LogP contribution in [0.3, 0.4) is 0 Å². The number of carbonyl (C=O) groups is 4. The second-order valence-corrected chi connectivity index (χ2v) is 27.1. The van der Waals surface area contributed by atoms with Crippen molar-refractivity contribution in [2.24, 2.45) is 0 Å².